The van der Waals surface area contributed by atoms with Gasteiger partial charge in [0, 0.05) is 6.07 Å². The third kappa shape index (κ3) is 4.10. The molecule has 0 atom stereocenters. The van der Waals surface area contributed by atoms with Crippen molar-refractivity contribution in [2.24, 2.45) is 0 Å². The Labute approximate surface area is 166 Å². The molecule has 0 spiro atoms. The lowest BCUT2D eigenvalue weighted by Gasteiger charge is -2.18. The Kier molecular flexibility index (Phi) is 5.20. The molecular formula is C19H13BF4O2S2. The van der Waals surface area contributed by atoms with Gasteiger partial charge in [0.05, 0.1) is 9.79 Å². The van der Waals surface area contributed by atoms with Crippen molar-refractivity contribution < 1.29 is 26.7 Å². The summed E-state index contributed by atoms with van der Waals surface area (Å²) in [6, 6.07) is 23.7. The average molecular weight is 424 g/mol. The van der Waals surface area contributed by atoms with Crippen molar-refractivity contribution in [1.82, 2.24) is 0 Å². The average Bonchev–Trinajstić information content (AvgIpc) is 3.12. The Morgan fingerprint density at radius 1 is 0.750 bits per heavy atom. The Morgan fingerprint density at radius 3 is 1.89 bits per heavy atom. The van der Waals surface area contributed by atoms with Gasteiger partial charge in [-0.2, -0.15) is 0 Å². The van der Waals surface area contributed by atoms with Crippen LogP contribution in [0.1, 0.15) is 0 Å². The van der Waals surface area contributed by atoms with E-state index in [1.807, 2.05) is 17.8 Å². The van der Waals surface area contributed by atoms with E-state index in [0.29, 0.717) is 6.79 Å². The molecule has 0 saturated heterocycles. The van der Waals surface area contributed by atoms with Crippen molar-refractivity contribution in [3.8, 4) is 11.5 Å². The van der Waals surface area contributed by atoms with Crippen LogP contribution in [0.25, 0.3) is 0 Å². The van der Waals surface area contributed by atoms with Gasteiger partial charge in [0.15, 0.2) is 26.2 Å². The highest BCUT2D eigenvalue weighted by Gasteiger charge is 2.38. The minimum Gasteiger partial charge on any atom is -0.454 e. The highest BCUT2D eigenvalue weighted by molar-refractivity contribution is 8.04. The predicted octanol–water partition coefficient (Wildman–Crippen LogP) is 6.28. The number of rotatable bonds is 1. The molecule has 0 fully saturated rings. The number of benzene rings is 3. The van der Waals surface area contributed by atoms with Gasteiger partial charge in [-0.3, -0.25) is 0 Å². The zero-order valence-corrected chi connectivity index (χ0v) is 15.9. The van der Waals surface area contributed by atoms with Gasteiger partial charge in [-0.25, -0.2) is 0 Å². The molecule has 2 heterocycles. The van der Waals surface area contributed by atoms with Gasteiger partial charge in [-0.05, 0) is 36.4 Å². The maximum atomic E-state index is 9.75. The minimum atomic E-state index is -6.00. The van der Waals surface area contributed by atoms with Gasteiger partial charge in [0.1, 0.15) is 10.9 Å². The number of hydrogen-bond acceptors (Lipinski definition) is 3. The van der Waals surface area contributed by atoms with Crippen LogP contribution in [0.5, 0.6) is 11.5 Å². The van der Waals surface area contributed by atoms with Gasteiger partial charge in [-0.1, -0.05) is 36.0 Å². The van der Waals surface area contributed by atoms with Gasteiger partial charge in [0.2, 0.25) is 6.79 Å². The van der Waals surface area contributed by atoms with E-state index < -0.39 is 7.25 Å². The van der Waals surface area contributed by atoms with Crippen LogP contribution in [-0.2, 0) is 10.9 Å². The lowest BCUT2D eigenvalue weighted by molar-refractivity contribution is 0.174. The SMILES string of the molecule is F[B-](F)(F)F.c1ccc2c(c1)Sc1ccccc1[S+]2c1ccc2c(c1)OCO2. The molecule has 3 aromatic rings. The maximum Gasteiger partial charge on any atom is 0.673 e. The normalized spacial score (nSPS) is 14.6. The summed E-state index contributed by atoms with van der Waals surface area (Å²) in [6.07, 6.45) is 0. The van der Waals surface area contributed by atoms with Crippen molar-refractivity contribution in [1.29, 1.82) is 0 Å². The van der Waals surface area contributed by atoms with E-state index >= 15 is 0 Å². The first kappa shape index (κ1) is 19.1. The zero-order chi connectivity index (χ0) is 19.7. The number of ether oxygens (including phenoxy) is 2. The number of hydrogen-bond donors (Lipinski definition) is 0. The van der Waals surface area contributed by atoms with Gasteiger partial charge in [-0.15, -0.1) is 0 Å². The lowest BCUT2D eigenvalue weighted by atomic mass is 10.3. The van der Waals surface area contributed by atoms with Gasteiger partial charge >= 0.3 is 7.25 Å². The summed E-state index contributed by atoms with van der Waals surface area (Å²) in [6.45, 7) is 0.315. The quantitative estimate of drug-likeness (QED) is 0.204. The molecule has 0 saturated carbocycles. The summed E-state index contributed by atoms with van der Waals surface area (Å²) in [7, 11) is -6.11. The molecule has 0 N–H and O–H groups in total. The second-order valence-electron chi connectivity index (χ2n) is 5.81. The van der Waals surface area contributed by atoms with E-state index in [9.17, 15) is 17.3 Å². The molecule has 2 aliphatic heterocycles. The smallest absolute Gasteiger partial charge is 0.454 e. The van der Waals surface area contributed by atoms with E-state index in [2.05, 4.69) is 60.7 Å². The van der Waals surface area contributed by atoms with Crippen molar-refractivity contribution in [2.45, 2.75) is 24.5 Å². The summed E-state index contributed by atoms with van der Waals surface area (Å²) >= 11 is 1.86. The molecule has 0 amide bonds. The fraction of sp³-hybridized carbons (Fsp3) is 0.0526. The van der Waals surface area contributed by atoms with Crippen LogP contribution in [0.2, 0.25) is 0 Å². The molecule has 0 aromatic heterocycles. The summed E-state index contributed by atoms with van der Waals surface area (Å²) in [5.41, 5.74) is 0. The Morgan fingerprint density at radius 2 is 1.29 bits per heavy atom. The molecule has 2 aliphatic rings. The molecule has 9 heteroatoms. The highest BCUT2D eigenvalue weighted by atomic mass is 32.2. The second kappa shape index (κ2) is 7.64. The largest absolute Gasteiger partial charge is 0.673 e. The molecule has 0 aliphatic carbocycles. The van der Waals surface area contributed by atoms with E-state index in [1.54, 1.807) is 0 Å². The predicted molar refractivity (Wildman–Crippen MR) is 102 cm³/mol. The van der Waals surface area contributed by atoms with Crippen LogP contribution in [0, 0.1) is 0 Å². The van der Waals surface area contributed by atoms with Gasteiger partial charge < -0.3 is 26.7 Å². The Balaban J connectivity index is 0.000000346. The summed E-state index contributed by atoms with van der Waals surface area (Å²) < 4.78 is 50.0. The highest BCUT2D eigenvalue weighted by Crippen LogP contribution is 2.49. The summed E-state index contributed by atoms with van der Waals surface area (Å²) in [4.78, 5) is 6.72. The second-order valence-corrected chi connectivity index (χ2v) is 8.86. The molecule has 28 heavy (non-hydrogen) atoms. The lowest BCUT2D eigenvalue weighted by Crippen LogP contribution is -2.10. The fourth-order valence-corrected chi connectivity index (χ4v) is 6.66. The number of halogens is 4. The van der Waals surface area contributed by atoms with Crippen LogP contribution in [0.3, 0.4) is 0 Å². The fourth-order valence-electron chi connectivity index (χ4n) is 2.90. The van der Waals surface area contributed by atoms with E-state index in [-0.39, 0.29) is 10.9 Å². The molecule has 0 radical (unpaired) electrons. The van der Waals surface area contributed by atoms with Crippen LogP contribution >= 0.6 is 11.8 Å². The van der Waals surface area contributed by atoms with E-state index in [1.165, 1.54) is 24.5 Å². The Bertz CT molecular complexity index is 962. The van der Waals surface area contributed by atoms with E-state index in [0.717, 1.165) is 11.5 Å². The standard InChI is InChI=1S/C19H13O2S2.BF4/c1-3-7-18-16(5-1)22-17-6-2-4-8-19(17)23(18)13-9-10-14-15(11-13)21-12-20-14;2-1(3,4)5/h1-11H,12H2;/q+1;-1. The Hall–Kier alpha value is -2.26. The summed E-state index contributed by atoms with van der Waals surface area (Å²) in [5.74, 6) is 1.69. The first-order valence-electron chi connectivity index (χ1n) is 8.27. The minimum absolute atomic E-state index is 0.107. The summed E-state index contributed by atoms with van der Waals surface area (Å²) in [5, 5.41) is 0. The van der Waals surface area contributed by atoms with Crippen molar-refractivity contribution >= 4 is 29.9 Å². The molecule has 0 unspecified atom stereocenters. The van der Waals surface area contributed by atoms with E-state index in [4.69, 9.17) is 9.47 Å². The molecular weight excluding hydrogens is 411 g/mol. The molecule has 144 valence electrons. The van der Waals surface area contributed by atoms with Crippen LogP contribution in [0.4, 0.5) is 17.3 Å². The third-order valence-corrected chi connectivity index (χ3v) is 7.67. The van der Waals surface area contributed by atoms with Crippen molar-refractivity contribution in [3.05, 3.63) is 66.7 Å². The topological polar surface area (TPSA) is 18.5 Å². The van der Waals surface area contributed by atoms with Crippen molar-refractivity contribution in [3.63, 3.8) is 0 Å². The number of fused-ring (bicyclic) bond motifs is 3. The van der Waals surface area contributed by atoms with Crippen LogP contribution in [0.15, 0.2) is 91.2 Å². The monoisotopic (exact) mass is 424 g/mol. The maximum absolute atomic E-state index is 9.75. The van der Waals surface area contributed by atoms with Crippen LogP contribution in [-0.4, -0.2) is 14.0 Å². The third-order valence-electron chi connectivity index (χ3n) is 3.94. The molecule has 5 rings (SSSR count). The molecule has 3 aromatic carbocycles. The zero-order valence-electron chi connectivity index (χ0n) is 14.3. The molecule has 2 nitrogen and oxygen atoms in total. The van der Waals surface area contributed by atoms with Crippen molar-refractivity contribution in [2.75, 3.05) is 6.79 Å². The van der Waals surface area contributed by atoms with Gasteiger partial charge in [0.25, 0.3) is 0 Å². The first-order chi connectivity index (χ1) is 13.4. The molecule has 0 bridgehead atoms. The first-order valence-corrected chi connectivity index (χ1v) is 10.3. The van der Waals surface area contributed by atoms with Crippen LogP contribution < -0.4 is 9.47 Å².